The normalized spacial score (nSPS) is 14.6. The highest BCUT2D eigenvalue weighted by molar-refractivity contribution is 5.92. The number of aromatic nitrogens is 3. The first kappa shape index (κ1) is 24.6. The van der Waals surface area contributed by atoms with Crippen LogP contribution in [0, 0.1) is 0 Å². The zero-order valence-corrected chi connectivity index (χ0v) is 21.1. The summed E-state index contributed by atoms with van der Waals surface area (Å²) in [6.07, 6.45) is 7.05. The first-order valence-electron chi connectivity index (χ1n) is 12.7. The number of nitrogens with zero attached hydrogens (tertiary/aromatic N) is 4. The van der Waals surface area contributed by atoms with Gasteiger partial charge in [-0.3, -0.25) is 4.79 Å². The highest BCUT2D eigenvalue weighted by Gasteiger charge is 2.19. The minimum atomic E-state index is -1.28. The summed E-state index contributed by atoms with van der Waals surface area (Å²) in [6.45, 7) is 4.35. The van der Waals surface area contributed by atoms with E-state index in [4.69, 9.17) is 0 Å². The van der Waals surface area contributed by atoms with E-state index in [1.54, 1.807) is 4.57 Å². The SMILES string of the molecule is CCCc1ccc(-n2cc(C(=O)O)c(=O)c3cnc(Nc4ccc(C5CCN(C)CC5)cc4)nc32)cc1. The molecule has 5 rings (SSSR count). The molecule has 2 aromatic carbocycles. The van der Waals surface area contributed by atoms with Crippen molar-refractivity contribution in [3.05, 3.63) is 87.8 Å². The molecule has 0 radical (unpaired) electrons. The number of hydrogen-bond donors (Lipinski definition) is 2. The predicted molar refractivity (Wildman–Crippen MR) is 145 cm³/mol. The van der Waals surface area contributed by atoms with Gasteiger partial charge in [-0.25, -0.2) is 9.78 Å². The molecule has 2 aromatic heterocycles. The van der Waals surface area contributed by atoms with Crippen LogP contribution in [0.1, 0.15) is 53.6 Å². The molecule has 1 aliphatic rings. The molecule has 0 spiro atoms. The number of anilines is 2. The van der Waals surface area contributed by atoms with E-state index >= 15 is 0 Å². The van der Waals surface area contributed by atoms with Crippen LogP contribution < -0.4 is 10.7 Å². The van der Waals surface area contributed by atoms with Crippen LogP contribution in [-0.4, -0.2) is 50.6 Å². The Bertz CT molecular complexity index is 1470. The summed E-state index contributed by atoms with van der Waals surface area (Å²) in [4.78, 5) is 36.0. The lowest BCUT2D eigenvalue weighted by Crippen LogP contribution is -2.29. The van der Waals surface area contributed by atoms with E-state index in [1.165, 1.54) is 23.5 Å². The fourth-order valence-electron chi connectivity index (χ4n) is 4.94. The maximum Gasteiger partial charge on any atom is 0.341 e. The van der Waals surface area contributed by atoms with Crippen LogP contribution in [0.25, 0.3) is 16.7 Å². The highest BCUT2D eigenvalue weighted by atomic mass is 16.4. The van der Waals surface area contributed by atoms with Gasteiger partial charge >= 0.3 is 5.97 Å². The number of likely N-dealkylation sites (tertiary alicyclic amines) is 1. The molecular weight excluding hydrogens is 466 g/mol. The number of aryl methyl sites for hydroxylation is 1. The van der Waals surface area contributed by atoms with Crippen molar-refractivity contribution in [3.8, 4) is 5.69 Å². The Morgan fingerprint density at radius 3 is 2.43 bits per heavy atom. The van der Waals surface area contributed by atoms with Gasteiger partial charge in [0.15, 0.2) is 5.65 Å². The molecule has 0 amide bonds. The maximum atomic E-state index is 12.9. The van der Waals surface area contributed by atoms with Gasteiger partial charge in [0.25, 0.3) is 0 Å². The van der Waals surface area contributed by atoms with E-state index < -0.39 is 11.4 Å². The average molecular weight is 498 g/mol. The van der Waals surface area contributed by atoms with Crippen molar-refractivity contribution in [2.75, 3.05) is 25.5 Å². The molecule has 0 aliphatic carbocycles. The number of hydrogen-bond acceptors (Lipinski definition) is 6. The van der Waals surface area contributed by atoms with Crippen LogP contribution in [0.15, 0.2) is 65.7 Å². The quantitative estimate of drug-likeness (QED) is 0.371. The number of carboxylic acids is 1. The van der Waals surface area contributed by atoms with Gasteiger partial charge in [-0.15, -0.1) is 0 Å². The van der Waals surface area contributed by atoms with E-state index in [-0.39, 0.29) is 10.9 Å². The van der Waals surface area contributed by atoms with Crippen molar-refractivity contribution in [1.29, 1.82) is 0 Å². The van der Waals surface area contributed by atoms with Gasteiger partial charge in [0.2, 0.25) is 11.4 Å². The third-order valence-electron chi connectivity index (χ3n) is 7.08. The standard InChI is InChI=1S/C29H31N5O3/c1-3-4-19-5-11-23(12-6-19)34-18-25(28(36)37)26(35)24-17-30-29(32-27(24)34)31-22-9-7-20(8-10-22)21-13-15-33(2)16-14-21/h5-12,17-18,21H,3-4,13-16H2,1-2H3,(H,36,37)(H,30,31,32). The molecule has 0 saturated carbocycles. The van der Waals surface area contributed by atoms with Crippen LogP contribution in [0.4, 0.5) is 11.6 Å². The third kappa shape index (κ3) is 5.24. The average Bonchev–Trinajstić information content (AvgIpc) is 2.90. The Labute approximate surface area is 215 Å². The number of piperidine rings is 1. The number of pyridine rings is 1. The van der Waals surface area contributed by atoms with Crippen LogP contribution in [0.3, 0.4) is 0 Å². The van der Waals surface area contributed by atoms with E-state index in [0.29, 0.717) is 17.5 Å². The lowest BCUT2D eigenvalue weighted by Gasteiger charge is -2.29. The number of nitrogens with one attached hydrogen (secondary N) is 1. The summed E-state index contributed by atoms with van der Waals surface area (Å²) in [5.74, 6) is -0.378. The molecule has 0 atom stereocenters. The second-order valence-electron chi connectivity index (χ2n) is 9.72. The predicted octanol–water partition coefficient (Wildman–Crippen LogP) is 4.98. The van der Waals surface area contributed by atoms with Crippen molar-refractivity contribution in [3.63, 3.8) is 0 Å². The first-order valence-corrected chi connectivity index (χ1v) is 12.7. The van der Waals surface area contributed by atoms with Gasteiger partial charge in [0.1, 0.15) is 5.56 Å². The van der Waals surface area contributed by atoms with Crippen molar-refractivity contribution in [1.82, 2.24) is 19.4 Å². The van der Waals surface area contributed by atoms with Gasteiger partial charge < -0.3 is 19.9 Å². The van der Waals surface area contributed by atoms with Gasteiger partial charge in [0.05, 0.1) is 5.39 Å². The van der Waals surface area contributed by atoms with Crippen molar-refractivity contribution in [2.24, 2.45) is 0 Å². The van der Waals surface area contributed by atoms with E-state index in [1.807, 2.05) is 36.4 Å². The largest absolute Gasteiger partial charge is 0.477 e. The molecule has 0 unspecified atom stereocenters. The van der Waals surface area contributed by atoms with Gasteiger partial charge in [-0.2, -0.15) is 4.98 Å². The molecule has 1 saturated heterocycles. The fraction of sp³-hybridized carbons (Fsp3) is 0.310. The van der Waals surface area contributed by atoms with Crippen LogP contribution >= 0.6 is 0 Å². The summed E-state index contributed by atoms with van der Waals surface area (Å²) >= 11 is 0. The minimum Gasteiger partial charge on any atom is -0.477 e. The molecule has 1 fully saturated rings. The Morgan fingerprint density at radius 1 is 1.08 bits per heavy atom. The van der Waals surface area contributed by atoms with Crippen LogP contribution in [0.2, 0.25) is 0 Å². The molecule has 2 N–H and O–H groups in total. The van der Waals surface area contributed by atoms with Crippen molar-refractivity contribution in [2.45, 2.75) is 38.5 Å². The lowest BCUT2D eigenvalue weighted by atomic mass is 9.89. The number of aromatic carboxylic acids is 1. The molecule has 190 valence electrons. The Balaban J connectivity index is 1.48. The first-order chi connectivity index (χ1) is 17.9. The summed E-state index contributed by atoms with van der Waals surface area (Å²) < 4.78 is 1.64. The molecule has 8 nitrogen and oxygen atoms in total. The summed E-state index contributed by atoms with van der Waals surface area (Å²) in [6, 6.07) is 16.2. The third-order valence-corrected chi connectivity index (χ3v) is 7.08. The molecule has 1 aliphatic heterocycles. The van der Waals surface area contributed by atoms with Gasteiger partial charge in [-0.1, -0.05) is 37.6 Å². The summed E-state index contributed by atoms with van der Waals surface area (Å²) in [7, 11) is 2.16. The fourth-order valence-corrected chi connectivity index (χ4v) is 4.94. The van der Waals surface area contributed by atoms with Gasteiger partial charge in [0, 0.05) is 23.8 Å². The second kappa shape index (κ2) is 10.5. The number of fused-ring (bicyclic) bond motifs is 1. The molecule has 0 bridgehead atoms. The van der Waals surface area contributed by atoms with Crippen LogP contribution in [0.5, 0.6) is 0 Å². The zero-order valence-electron chi connectivity index (χ0n) is 21.1. The van der Waals surface area contributed by atoms with E-state index in [9.17, 15) is 14.7 Å². The van der Waals surface area contributed by atoms with E-state index in [2.05, 4.69) is 46.3 Å². The highest BCUT2D eigenvalue weighted by Crippen LogP contribution is 2.29. The summed E-state index contributed by atoms with van der Waals surface area (Å²) in [5, 5.41) is 13.0. The summed E-state index contributed by atoms with van der Waals surface area (Å²) in [5.41, 5.74) is 3.51. The molecule has 4 aromatic rings. The van der Waals surface area contributed by atoms with Crippen molar-refractivity contribution >= 4 is 28.6 Å². The van der Waals surface area contributed by atoms with Crippen LogP contribution in [-0.2, 0) is 6.42 Å². The number of benzene rings is 2. The Kier molecular flexibility index (Phi) is 7.01. The second-order valence-corrected chi connectivity index (χ2v) is 9.72. The maximum absolute atomic E-state index is 12.9. The monoisotopic (exact) mass is 497 g/mol. The lowest BCUT2D eigenvalue weighted by molar-refractivity contribution is 0.0695. The number of carboxylic acid groups (broad SMARTS) is 1. The Morgan fingerprint density at radius 2 is 1.78 bits per heavy atom. The van der Waals surface area contributed by atoms with E-state index in [0.717, 1.165) is 50.1 Å². The molecular formula is C29H31N5O3. The smallest absolute Gasteiger partial charge is 0.341 e. The number of carbonyl (C=O) groups is 1. The van der Waals surface area contributed by atoms with Crippen molar-refractivity contribution < 1.29 is 9.90 Å². The number of rotatable bonds is 7. The Hall–Kier alpha value is -4.04. The zero-order chi connectivity index (χ0) is 25.9. The molecule has 37 heavy (non-hydrogen) atoms. The molecule has 3 heterocycles. The molecule has 8 heteroatoms. The van der Waals surface area contributed by atoms with Gasteiger partial charge in [-0.05, 0) is 80.7 Å². The topological polar surface area (TPSA) is 100 Å². The minimum absolute atomic E-state index is 0.153.